The summed E-state index contributed by atoms with van der Waals surface area (Å²) in [6.45, 7) is 12.4. The molecule has 7 nitrogen and oxygen atoms in total. The highest BCUT2D eigenvalue weighted by Crippen LogP contribution is 2.38. The predicted molar refractivity (Wildman–Crippen MR) is 172 cm³/mol. The predicted octanol–water partition coefficient (Wildman–Crippen LogP) is 7.18. The maximum atomic E-state index is 14.1. The van der Waals surface area contributed by atoms with Crippen LogP contribution in [0.5, 0.6) is 17.2 Å². The van der Waals surface area contributed by atoms with Crippen molar-refractivity contribution < 1.29 is 23.4 Å². The molecule has 0 saturated carbocycles. The quantitative estimate of drug-likeness (QED) is 0.199. The molecule has 224 valence electrons. The molecule has 0 aromatic heterocycles. The van der Waals surface area contributed by atoms with Crippen molar-refractivity contribution in [1.82, 2.24) is 4.90 Å². The standard InChI is InChI=1S/C34H44N2O5Si/c1-34(2,3)42(6,7)41-23-27-19-26(25-13-15-28(38-4)16-14-25)17-18-36(27)33(37)29-20-31(39-5)32(21-30(29)35)40-22-24-11-9-8-10-12-24/h8-16,19-21,27H,17-18,22-23,35H2,1-7H3/t27-/m0/s1. The van der Waals surface area contributed by atoms with Gasteiger partial charge in [0.2, 0.25) is 0 Å². The number of methoxy groups -OCH3 is 2. The molecular weight excluding hydrogens is 544 g/mol. The van der Waals surface area contributed by atoms with E-state index in [0.717, 1.165) is 16.9 Å². The van der Waals surface area contributed by atoms with Crippen LogP contribution in [0.2, 0.25) is 18.1 Å². The second-order valence-electron chi connectivity index (χ2n) is 12.2. The third kappa shape index (κ3) is 7.17. The van der Waals surface area contributed by atoms with Gasteiger partial charge in [0.1, 0.15) is 12.4 Å². The molecule has 0 unspecified atom stereocenters. The zero-order valence-electron chi connectivity index (χ0n) is 25.9. The average Bonchev–Trinajstić information content (AvgIpc) is 2.98. The minimum Gasteiger partial charge on any atom is -0.497 e. The van der Waals surface area contributed by atoms with Crippen LogP contribution in [0, 0.1) is 0 Å². The van der Waals surface area contributed by atoms with Crippen molar-refractivity contribution in [3.05, 3.63) is 89.5 Å². The van der Waals surface area contributed by atoms with Gasteiger partial charge in [0.15, 0.2) is 19.8 Å². The highest BCUT2D eigenvalue weighted by Gasteiger charge is 2.39. The van der Waals surface area contributed by atoms with Crippen LogP contribution < -0.4 is 19.9 Å². The maximum Gasteiger partial charge on any atom is 0.256 e. The van der Waals surface area contributed by atoms with Gasteiger partial charge >= 0.3 is 0 Å². The fraction of sp³-hybridized carbons (Fsp3) is 0.382. The Kier molecular flexibility index (Phi) is 9.69. The number of nitrogens with two attached hydrogens (primary N) is 1. The van der Waals surface area contributed by atoms with Gasteiger partial charge in [0.05, 0.1) is 32.4 Å². The first-order valence-corrected chi connectivity index (χ1v) is 17.3. The topological polar surface area (TPSA) is 83.2 Å². The highest BCUT2D eigenvalue weighted by molar-refractivity contribution is 6.74. The SMILES string of the molecule is COc1ccc(C2=C[C@@H](CO[Si](C)(C)C(C)(C)C)N(C(=O)c3cc(OC)c(OCc4ccccc4)cc3N)CC2)cc1. The van der Waals surface area contributed by atoms with E-state index >= 15 is 0 Å². The summed E-state index contributed by atoms with van der Waals surface area (Å²) in [5, 5.41) is 0.0480. The molecule has 42 heavy (non-hydrogen) atoms. The molecule has 0 fully saturated rings. The van der Waals surface area contributed by atoms with E-state index in [9.17, 15) is 4.79 Å². The van der Waals surface area contributed by atoms with Crippen molar-refractivity contribution >= 4 is 25.5 Å². The molecule has 2 N–H and O–H groups in total. The molecule has 3 aromatic rings. The van der Waals surface area contributed by atoms with Crippen LogP contribution in [0.3, 0.4) is 0 Å². The molecule has 1 aliphatic heterocycles. The number of nitrogens with zero attached hydrogens (tertiary/aromatic N) is 1. The highest BCUT2D eigenvalue weighted by atomic mass is 28.4. The summed E-state index contributed by atoms with van der Waals surface area (Å²) < 4.78 is 23.6. The fourth-order valence-electron chi connectivity index (χ4n) is 4.68. The van der Waals surface area contributed by atoms with Crippen molar-refractivity contribution in [3.8, 4) is 17.2 Å². The number of rotatable bonds is 10. The number of anilines is 1. The number of carbonyl (C=O) groups is 1. The van der Waals surface area contributed by atoms with Crippen LogP contribution in [-0.2, 0) is 11.0 Å². The first kappa shape index (κ1) is 31.2. The summed E-state index contributed by atoms with van der Waals surface area (Å²) in [6, 6.07) is 21.0. The van der Waals surface area contributed by atoms with Gasteiger partial charge in [-0.2, -0.15) is 0 Å². The van der Waals surface area contributed by atoms with Crippen LogP contribution in [0.1, 0.15) is 48.7 Å². The zero-order chi connectivity index (χ0) is 30.5. The summed E-state index contributed by atoms with van der Waals surface area (Å²) in [7, 11) is 1.17. The molecule has 1 aliphatic rings. The molecule has 0 bridgehead atoms. The Balaban J connectivity index is 1.62. The van der Waals surface area contributed by atoms with Crippen LogP contribution >= 0.6 is 0 Å². The van der Waals surface area contributed by atoms with Crippen LogP contribution in [0.4, 0.5) is 5.69 Å². The second-order valence-corrected chi connectivity index (χ2v) is 17.0. The number of hydrogen-bond acceptors (Lipinski definition) is 6. The zero-order valence-corrected chi connectivity index (χ0v) is 26.9. The fourth-order valence-corrected chi connectivity index (χ4v) is 5.70. The van der Waals surface area contributed by atoms with Gasteiger partial charge in [-0.1, -0.05) is 69.3 Å². The molecule has 0 aliphatic carbocycles. The molecule has 0 radical (unpaired) electrons. The summed E-state index contributed by atoms with van der Waals surface area (Å²) in [5.41, 5.74) is 10.5. The molecule has 1 heterocycles. The van der Waals surface area contributed by atoms with Crippen LogP contribution in [-0.4, -0.2) is 52.5 Å². The Bertz CT molecular complexity index is 1400. The Hall–Kier alpha value is -3.75. The number of amides is 1. The first-order chi connectivity index (χ1) is 19.9. The second kappa shape index (κ2) is 13.0. The van der Waals surface area contributed by atoms with E-state index in [4.69, 9.17) is 24.4 Å². The number of nitrogen functional groups attached to an aromatic ring is 1. The lowest BCUT2D eigenvalue weighted by molar-refractivity contribution is 0.0655. The van der Waals surface area contributed by atoms with E-state index in [1.54, 1.807) is 26.4 Å². The van der Waals surface area contributed by atoms with Crippen molar-refractivity contribution in [3.63, 3.8) is 0 Å². The molecule has 0 saturated heterocycles. The number of hydrogen-bond donors (Lipinski definition) is 1. The van der Waals surface area contributed by atoms with E-state index in [0.29, 0.717) is 48.9 Å². The van der Waals surface area contributed by atoms with E-state index in [1.807, 2.05) is 47.4 Å². The third-order valence-electron chi connectivity index (χ3n) is 8.36. The summed E-state index contributed by atoms with van der Waals surface area (Å²) in [4.78, 5) is 16.0. The first-order valence-electron chi connectivity index (χ1n) is 14.4. The van der Waals surface area contributed by atoms with Gasteiger partial charge in [-0.25, -0.2) is 0 Å². The summed E-state index contributed by atoms with van der Waals surface area (Å²) in [6.07, 6.45) is 2.88. The van der Waals surface area contributed by atoms with Crippen molar-refractivity contribution in [1.29, 1.82) is 0 Å². The molecule has 1 amide bonds. The number of carbonyl (C=O) groups excluding carboxylic acids is 1. The lowest BCUT2D eigenvalue weighted by Crippen LogP contribution is -2.49. The van der Waals surface area contributed by atoms with Crippen molar-refractivity contribution in [2.75, 3.05) is 33.1 Å². The Labute approximate surface area is 251 Å². The molecule has 4 rings (SSSR count). The normalized spacial score (nSPS) is 15.6. The molecule has 8 heteroatoms. The average molecular weight is 589 g/mol. The van der Waals surface area contributed by atoms with Crippen molar-refractivity contribution in [2.45, 2.75) is 58.0 Å². The summed E-state index contributed by atoms with van der Waals surface area (Å²) >= 11 is 0. The Morgan fingerprint density at radius 2 is 1.67 bits per heavy atom. The molecule has 1 atom stereocenters. The molecular formula is C34H44N2O5Si. The van der Waals surface area contributed by atoms with E-state index in [-0.39, 0.29) is 17.0 Å². The van der Waals surface area contributed by atoms with Gasteiger partial charge in [0.25, 0.3) is 5.91 Å². The monoisotopic (exact) mass is 588 g/mol. The van der Waals surface area contributed by atoms with Gasteiger partial charge in [0, 0.05) is 18.3 Å². The van der Waals surface area contributed by atoms with Crippen LogP contribution in [0.15, 0.2) is 72.8 Å². The Morgan fingerprint density at radius 3 is 2.29 bits per heavy atom. The third-order valence-corrected chi connectivity index (χ3v) is 12.9. The van der Waals surface area contributed by atoms with E-state index < -0.39 is 8.32 Å². The maximum absolute atomic E-state index is 14.1. The van der Waals surface area contributed by atoms with E-state index in [1.165, 1.54) is 5.57 Å². The number of benzene rings is 3. The van der Waals surface area contributed by atoms with Crippen LogP contribution in [0.25, 0.3) is 5.57 Å². The Morgan fingerprint density at radius 1 is 0.976 bits per heavy atom. The van der Waals surface area contributed by atoms with Gasteiger partial charge in [-0.3, -0.25) is 4.79 Å². The largest absolute Gasteiger partial charge is 0.497 e. The van der Waals surface area contributed by atoms with Crippen molar-refractivity contribution in [2.24, 2.45) is 0 Å². The molecule has 3 aromatic carbocycles. The molecule has 0 spiro atoms. The van der Waals surface area contributed by atoms with E-state index in [2.05, 4.69) is 52.1 Å². The lowest BCUT2D eigenvalue weighted by Gasteiger charge is -2.40. The smallest absolute Gasteiger partial charge is 0.256 e. The number of ether oxygens (including phenoxy) is 3. The van der Waals surface area contributed by atoms with Gasteiger partial charge in [-0.05, 0) is 59.5 Å². The van der Waals surface area contributed by atoms with Gasteiger partial charge < -0.3 is 29.3 Å². The summed E-state index contributed by atoms with van der Waals surface area (Å²) in [5.74, 6) is 1.61. The lowest BCUT2D eigenvalue weighted by atomic mass is 9.95. The minimum atomic E-state index is -2.06. The van der Waals surface area contributed by atoms with Gasteiger partial charge in [-0.15, -0.1) is 0 Å². The minimum absolute atomic E-state index is 0.0480.